The number of ether oxygens (including phenoxy) is 2. The predicted molar refractivity (Wildman–Crippen MR) is 184 cm³/mol. The topological polar surface area (TPSA) is 121 Å². The first kappa shape index (κ1) is 40.6. The number of carboxylic acids is 1. The number of thiol groups is 1. The molecule has 10 heteroatoms. The van der Waals surface area contributed by atoms with E-state index in [0.717, 1.165) is 25.9 Å². The normalized spacial score (nSPS) is 17.9. The van der Waals surface area contributed by atoms with Crippen molar-refractivity contribution in [3.63, 3.8) is 0 Å². The van der Waals surface area contributed by atoms with E-state index in [1.165, 1.54) is 11.1 Å². The molecule has 0 bridgehead atoms. The largest absolute Gasteiger partial charge is 0.479 e. The summed E-state index contributed by atoms with van der Waals surface area (Å²) in [6, 6.07) is 8.80. The first-order valence-electron chi connectivity index (χ1n) is 16.1. The van der Waals surface area contributed by atoms with E-state index in [0.29, 0.717) is 25.4 Å². The molecule has 0 spiro atoms. The van der Waals surface area contributed by atoms with Crippen LogP contribution in [0.5, 0.6) is 0 Å². The summed E-state index contributed by atoms with van der Waals surface area (Å²) >= 11 is 4.61. The van der Waals surface area contributed by atoms with Crippen LogP contribution in [-0.4, -0.2) is 78.5 Å². The fourth-order valence-electron chi connectivity index (χ4n) is 5.04. The number of carbonyl (C=O) groups excluding carboxylic acids is 2. The maximum atomic E-state index is 11.8. The van der Waals surface area contributed by atoms with Crippen LogP contribution in [-0.2, 0) is 30.4 Å². The minimum absolute atomic E-state index is 0.00882. The number of carbonyl (C=O) groups is 3. The van der Waals surface area contributed by atoms with Gasteiger partial charge in [0, 0.05) is 30.9 Å². The second kappa shape index (κ2) is 19.3. The number of epoxide rings is 1. The number of amides is 1. The molecular weight excluding hydrogens is 590 g/mol. The highest BCUT2D eigenvalue weighted by Crippen LogP contribution is 2.44. The average molecular weight is 650 g/mol. The lowest BCUT2D eigenvalue weighted by Crippen LogP contribution is -2.40. The van der Waals surface area contributed by atoms with Gasteiger partial charge in [0.2, 0.25) is 5.91 Å². The van der Waals surface area contributed by atoms with Crippen molar-refractivity contribution < 1.29 is 29.0 Å². The quantitative estimate of drug-likeness (QED) is 0.0697. The number of esters is 1. The van der Waals surface area contributed by atoms with Crippen molar-refractivity contribution in [1.29, 1.82) is 0 Å². The van der Waals surface area contributed by atoms with Crippen LogP contribution in [0, 0.1) is 17.3 Å². The fourth-order valence-corrected chi connectivity index (χ4v) is 5.28. The monoisotopic (exact) mass is 649 g/mol. The molecule has 0 aliphatic carbocycles. The zero-order valence-corrected chi connectivity index (χ0v) is 30.1. The van der Waals surface area contributed by atoms with Crippen LogP contribution in [0.2, 0.25) is 0 Å². The van der Waals surface area contributed by atoms with Crippen molar-refractivity contribution in [3.05, 3.63) is 47.5 Å². The van der Waals surface area contributed by atoms with Crippen molar-refractivity contribution in [2.45, 2.75) is 104 Å². The minimum Gasteiger partial charge on any atom is -0.479 e. The Labute approximate surface area is 277 Å². The van der Waals surface area contributed by atoms with Gasteiger partial charge in [-0.1, -0.05) is 51.1 Å². The van der Waals surface area contributed by atoms with Crippen LogP contribution in [0.15, 0.2) is 36.4 Å². The number of likely N-dealkylation sites (N-methyl/N-ethyl adjacent to an activating group) is 1. The predicted octanol–water partition coefficient (Wildman–Crippen LogP) is 5.65. The third-order valence-electron chi connectivity index (χ3n) is 7.29. The van der Waals surface area contributed by atoms with Gasteiger partial charge in [0.15, 0.2) is 6.10 Å². The summed E-state index contributed by atoms with van der Waals surface area (Å²) in [6.07, 6.45) is 5.29. The SMILES string of the molecule is CCNC(=O)/C=C/CCC(C)C1O[C@@H]1c1ccc(CN(C)CC(C)(C)S)cc1.CNCC(C)(C)C(=O)O[C@@H](CC(C)C)C(=O)O. The number of rotatable bonds is 18. The van der Waals surface area contributed by atoms with Crippen molar-refractivity contribution in [1.82, 2.24) is 15.5 Å². The summed E-state index contributed by atoms with van der Waals surface area (Å²) in [4.78, 5) is 36.5. The molecule has 1 amide bonds. The Hall–Kier alpha value is -2.40. The Kier molecular flexibility index (Phi) is 17.4. The van der Waals surface area contributed by atoms with Crippen molar-refractivity contribution in [2.75, 3.05) is 33.7 Å². The van der Waals surface area contributed by atoms with Crippen molar-refractivity contribution in [3.8, 4) is 0 Å². The Bertz CT molecular complexity index is 1080. The third kappa shape index (κ3) is 16.6. The number of carboxylic acid groups (broad SMARTS) is 1. The molecule has 3 N–H and O–H groups in total. The molecule has 2 unspecified atom stereocenters. The third-order valence-corrected chi connectivity index (χ3v) is 7.44. The first-order valence-corrected chi connectivity index (χ1v) is 16.5. The van der Waals surface area contributed by atoms with Crippen LogP contribution in [0.1, 0.15) is 91.9 Å². The molecule has 2 rings (SSSR count). The number of nitrogens with one attached hydrogen (secondary N) is 2. The van der Waals surface area contributed by atoms with Gasteiger partial charge in [0.1, 0.15) is 6.10 Å². The molecule has 0 saturated carbocycles. The van der Waals surface area contributed by atoms with E-state index in [4.69, 9.17) is 14.6 Å². The molecule has 9 nitrogen and oxygen atoms in total. The number of allylic oxidation sites excluding steroid dienone is 1. The summed E-state index contributed by atoms with van der Waals surface area (Å²) in [5.41, 5.74) is 1.85. The Morgan fingerprint density at radius 2 is 1.76 bits per heavy atom. The van der Waals surface area contributed by atoms with Gasteiger partial charge in [-0.2, -0.15) is 12.6 Å². The summed E-state index contributed by atoms with van der Waals surface area (Å²) in [7, 11) is 3.87. The molecule has 0 aromatic heterocycles. The Morgan fingerprint density at radius 1 is 1.13 bits per heavy atom. The second-order valence-corrected chi connectivity index (χ2v) is 15.1. The Morgan fingerprint density at radius 3 is 2.27 bits per heavy atom. The maximum Gasteiger partial charge on any atom is 0.345 e. The smallest absolute Gasteiger partial charge is 0.345 e. The average Bonchev–Trinajstić information content (AvgIpc) is 3.71. The minimum atomic E-state index is -1.09. The van der Waals surface area contributed by atoms with Crippen molar-refractivity contribution in [2.24, 2.45) is 17.3 Å². The molecule has 256 valence electrons. The lowest BCUT2D eigenvalue weighted by molar-refractivity contribution is -0.171. The summed E-state index contributed by atoms with van der Waals surface area (Å²) in [6.45, 7) is 18.6. The van der Waals surface area contributed by atoms with Crippen LogP contribution in [0.3, 0.4) is 0 Å². The number of aliphatic carboxylic acids is 1. The first-order chi connectivity index (χ1) is 20.9. The zero-order valence-electron chi connectivity index (χ0n) is 29.2. The van der Waals surface area contributed by atoms with Gasteiger partial charge in [-0.25, -0.2) is 4.79 Å². The molecule has 1 aliphatic rings. The molecule has 45 heavy (non-hydrogen) atoms. The van der Waals surface area contributed by atoms with Gasteiger partial charge in [0.25, 0.3) is 0 Å². The van der Waals surface area contributed by atoms with Gasteiger partial charge < -0.3 is 30.1 Å². The molecule has 1 aliphatic heterocycles. The molecule has 4 atom stereocenters. The van der Waals surface area contributed by atoms with Gasteiger partial charge >= 0.3 is 11.9 Å². The van der Waals surface area contributed by atoms with Crippen LogP contribution in [0.25, 0.3) is 0 Å². The molecule has 1 heterocycles. The highest BCUT2D eigenvalue weighted by Gasteiger charge is 2.43. The van der Waals surface area contributed by atoms with Crippen LogP contribution >= 0.6 is 12.6 Å². The molecule has 1 saturated heterocycles. The van der Waals surface area contributed by atoms with Gasteiger partial charge in [-0.3, -0.25) is 9.59 Å². The highest BCUT2D eigenvalue weighted by molar-refractivity contribution is 7.81. The maximum absolute atomic E-state index is 11.8. The molecule has 1 aromatic rings. The van der Waals surface area contributed by atoms with Gasteiger partial charge in [-0.05, 0) is 97.0 Å². The zero-order chi connectivity index (χ0) is 34.4. The fraction of sp³-hybridized carbons (Fsp3) is 0.686. The molecular formula is C35H59N3O6S. The molecule has 1 aromatic carbocycles. The Balaban J connectivity index is 0.000000512. The standard InChI is InChI=1S/C23H36N2O2S.C12H23NO4/c1-6-24-20(26)10-8-7-9-17(2)21-22(27-21)19-13-11-18(12-14-19)15-25(5)16-23(3,4)28;1-8(2)6-9(10(14)15)17-11(16)12(3,4)7-13-5/h8,10-14,17,21-22,28H,6-7,9,15-16H2,1-5H3,(H,24,26);8-9,13H,6-7H2,1-5H3,(H,14,15)/b10-8+;/t17?,21?,22-;9-/m10/s1. The van der Waals surface area contributed by atoms with E-state index in [9.17, 15) is 14.4 Å². The number of benzene rings is 1. The van der Waals surface area contributed by atoms with E-state index in [2.05, 4.69) is 80.2 Å². The van der Waals surface area contributed by atoms with Crippen LogP contribution < -0.4 is 10.6 Å². The lowest BCUT2D eigenvalue weighted by atomic mass is 9.93. The van der Waals surface area contributed by atoms with Crippen molar-refractivity contribution >= 4 is 30.5 Å². The van der Waals surface area contributed by atoms with Gasteiger partial charge in [0.05, 0.1) is 11.5 Å². The number of nitrogens with zero attached hydrogens (tertiary/aromatic N) is 1. The number of hydrogen-bond donors (Lipinski definition) is 4. The van der Waals surface area contributed by atoms with Crippen LogP contribution in [0.4, 0.5) is 0 Å². The summed E-state index contributed by atoms with van der Waals surface area (Å²) < 4.78 is 11.0. The van der Waals surface area contributed by atoms with E-state index >= 15 is 0 Å². The number of hydrogen-bond acceptors (Lipinski definition) is 8. The van der Waals surface area contributed by atoms with E-state index in [-0.39, 0.29) is 28.8 Å². The van der Waals surface area contributed by atoms with E-state index in [1.807, 2.05) is 26.8 Å². The second-order valence-electron chi connectivity index (χ2n) is 13.9. The van der Waals surface area contributed by atoms with E-state index < -0.39 is 23.5 Å². The molecule has 0 radical (unpaired) electrons. The van der Waals surface area contributed by atoms with Gasteiger partial charge in [-0.15, -0.1) is 0 Å². The summed E-state index contributed by atoms with van der Waals surface area (Å²) in [5.74, 6) is -0.949. The summed E-state index contributed by atoms with van der Waals surface area (Å²) in [5, 5.41) is 14.6. The molecule has 1 fully saturated rings. The highest BCUT2D eigenvalue weighted by atomic mass is 32.1. The van der Waals surface area contributed by atoms with E-state index in [1.54, 1.807) is 27.0 Å². The lowest BCUT2D eigenvalue weighted by Gasteiger charge is -2.25.